The summed E-state index contributed by atoms with van der Waals surface area (Å²) in [6.45, 7) is 1.90. The predicted octanol–water partition coefficient (Wildman–Crippen LogP) is 5.75. The molecule has 1 amide bonds. The highest BCUT2D eigenvalue weighted by molar-refractivity contribution is 9.10. The molecule has 0 bridgehead atoms. The highest BCUT2D eigenvalue weighted by Crippen LogP contribution is 2.29. The molecule has 0 fully saturated rings. The van der Waals surface area contributed by atoms with Crippen molar-refractivity contribution in [1.29, 1.82) is 0 Å². The second-order valence-corrected chi connectivity index (χ2v) is 7.63. The fourth-order valence-electron chi connectivity index (χ4n) is 3.27. The molecular formula is C23H19BrN2O3. The van der Waals surface area contributed by atoms with Crippen LogP contribution in [0.5, 0.6) is 5.75 Å². The van der Waals surface area contributed by atoms with E-state index in [-0.39, 0.29) is 5.91 Å². The lowest BCUT2D eigenvalue weighted by molar-refractivity contribution is 0.102. The summed E-state index contributed by atoms with van der Waals surface area (Å²) in [5, 5.41) is 2.92. The minimum Gasteiger partial charge on any atom is -0.496 e. The number of nitrogens with one attached hydrogen (secondary N) is 1. The van der Waals surface area contributed by atoms with Crippen LogP contribution in [0.15, 0.2) is 69.6 Å². The Labute approximate surface area is 176 Å². The quantitative estimate of drug-likeness (QED) is 0.420. The first-order valence-corrected chi connectivity index (χ1v) is 9.91. The van der Waals surface area contributed by atoms with Gasteiger partial charge in [0.05, 0.1) is 12.7 Å². The molecule has 0 aliphatic rings. The third kappa shape index (κ3) is 4.17. The van der Waals surface area contributed by atoms with Crippen LogP contribution in [-0.4, -0.2) is 18.0 Å². The molecule has 1 aromatic heterocycles. The van der Waals surface area contributed by atoms with E-state index in [9.17, 15) is 4.79 Å². The zero-order valence-electron chi connectivity index (χ0n) is 16.0. The van der Waals surface area contributed by atoms with Crippen LogP contribution in [0, 0.1) is 6.92 Å². The maximum Gasteiger partial charge on any atom is 0.259 e. The van der Waals surface area contributed by atoms with Crippen molar-refractivity contribution < 1.29 is 13.9 Å². The van der Waals surface area contributed by atoms with Gasteiger partial charge in [0.25, 0.3) is 5.91 Å². The van der Waals surface area contributed by atoms with Gasteiger partial charge in [0.1, 0.15) is 11.3 Å². The monoisotopic (exact) mass is 450 g/mol. The highest BCUT2D eigenvalue weighted by atomic mass is 79.9. The predicted molar refractivity (Wildman–Crippen MR) is 117 cm³/mol. The van der Waals surface area contributed by atoms with Crippen molar-refractivity contribution in [2.75, 3.05) is 12.4 Å². The summed E-state index contributed by atoms with van der Waals surface area (Å²) in [5.74, 6) is 0.941. The standard InChI is InChI=1S/C23H19BrN2O3/c1-14-10-16(24)12-18(22(14)28-2)23(27)25-17-8-9-20-19(13-17)26-21(29-20)11-15-6-4-3-5-7-15/h3-10,12-13H,11H2,1-2H3,(H,25,27). The van der Waals surface area contributed by atoms with Crippen molar-refractivity contribution in [2.24, 2.45) is 0 Å². The molecule has 1 heterocycles. The van der Waals surface area contributed by atoms with Gasteiger partial charge in [-0.05, 0) is 48.4 Å². The Balaban J connectivity index is 1.58. The van der Waals surface area contributed by atoms with Crippen LogP contribution >= 0.6 is 15.9 Å². The Morgan fingerprint density at radius 1 is 1.14 bits per heavy atom. The molecule has 0 aliphatic heterocycles. The second-order valence-electron chi connectivity index (χ2n) is 6.71. The van der Waals surface area contributed by atoms with Crippen molar-refractivity contribution in [2.45, 2.75) is 13.3 Å². The third-order valence-electron chi connectivity index (χ3n) is 4.58. The van der Waals surface area contributed by atoms with E-state index in [1.165, 1.54) is 0 Å². The number of amides is 1. The minimum atomic E-state index is -0.251. The molecule has 5 nitrogen and oxygen atoms in total. The number of carbonyl (C=O) groups is 1. The molecule has 4 rings (SSSR count). The molecule has 0 saturated carbocycles. The number of halogens is 1. The number of benzene rings is 3. The molecule has 29 heavy (non-hydrogen) atoms. The van der Waals surface area contributed by atoms with E-state index in [0.717, 1.165) is 15.6 Å². The number of aryl methyl sites for hydroxylation is 1. The number of rotatable bonds is 5. The van der Waals surface area contributed by atoms with Crippen LogP contribution in [0.1, 0.15) is 27.4 Å². The van der Waals surface area contributed by atoms with Crippen LogP contribution in [-0.2, 0) is 6.42 Å². The van der Waals surface area contributed by atoms with Crippen LogP contribution < -0.4 is 10.1 Å². The van der Waals surface area contributed by atoms with E-state index in [1.54, 1.807) is 19.2 Å². The summed E-state index contributed by atoms with van der Waals surface area (Å²) in [6, 6.07) is 19.1. The van der Waals surface area contributed by atoms with E-state index in [0.29, 0.717) is 40.4 Å². The maximum atomic E-state index is 12.8. The molecule has 6 heteroatoms. The molecule has 4 aromatic rings. The van der Waals surface area contributed by atoms with Gasteiger partial charge < -0.3 is 14.5 Å². The van der Waals surface area contributed by atoms with E-state index in [2.05, 4.69) is 26.2 Å². The molecule has 0 spiro atoms. The summed E-state index contributed by atoms with van der Waals surface area (Å²) in [5.41, 5.74) is 4.50. The fraction of sp³-hybridized carbons (Fsp3) is 0.130. The molecule has 0 radical (unpaired) electrons. The number of anilines is 1. The van der Waals surface area contributed by atoms with Gasteiger partial charge in [-0.15, -0.1) is 0 Å². The average Bonchev–Trinajstić information content (AvgIpc) is 3.09. The van der Waals surface area contributed by atoms with E-state index >= 15 is 0 Å². The largest absolute Gasteiger partial charge is 0.496 e. The topological polar surface area (TPSA) is 64.4 Å². The summed E-state index contributed by atoms with van der Waals surface area (Å²) >= 11 is 3.43. The van der Waals surface area contributed by atoms with Gasteiger partial charge in [0.15, 0.2) is 11.5 Å². The lowest BCUT2D eigenvalue weighted by Gasteiger charge is -2.12. The fourth-order valence-corrected chi connectivity index (χ4v) is 3.84. The first-order chi connectivity index (χ1) is 14.0. The van der Waals surface area contributed by atoms with Gasteiger partial charge in [0.2, 0.25) is 0 Å². The average molecular weight is 451 g/mol. The van der Waals surface area contributed by atoms with Crippen molar-refractivity contribution in [1.82, 2.24) is 4.98 Å². The Hall–Kier alpha value is -3.12. The molecule has 146 valence electrons. The molecule has 0 atom stereocenters. The van der Waals surface area contributed by atoms with Crippen molar-refractivity contribution in [3.8, 4) is 5.75 Å². The number of aromatic nitrogens is 1. The van der Waals surface area contributed by atoms with E-state index in [4.69, 9.17) is 9.15 Å². The number of oxazole rings is 1. The van der Waals surface area contributed by atoms with Gasteiger partial charge in [-0.1, -0.05) is 46.3 Å². The summed E-state index contributed by atoms with van der Waals surface area (Å²) in [6.07, 6.45) is 0.617. The Kier molecular flexibility index (Phi) is 5.36. The molecule has 0 saturated heterocycles. The Bertz CT molecular complexity index is 1190. The molecule has 0 unspecified atom stereocenters. The first-order valence-electron chi connectivity index (χ1n) is 9.12. The number of fused-ring (bicyclic) bond motifs is 1. The number of methoxy groups -OCH3 is 1. The van der Waals surface area contributed by atoms with Crippen molar-refractivity contribution >= 4 is 38.6 Å². The van der Waals surface area contributed by atoms with E-state index < -0.39 is 0 Å². The van der Waals surface area contributed by atoms with Crippen LogP contribution in [0.2, 0.25) is 0 Å². The lowest BCUT2D eigenvalue weighted by atomic mass is 10.1. The third-order valence-corrected chi connectivity index (χ3v) is 5.03. The second kappa shape index (κ2) is 8.09. The maximum absolute atomic E-state index is 12.8. The number of ether oxygens (including phenoxy) is 1. The van der Waals surface area contributed by atoms with Crippen LogP contribution in [0.3, 0.4) is 0 Å². The molecule has 3 aromatic carbocycles. The van der Waals surface area contributed by atoms with Gasteiger partial charge in [0, 0.05) is 16.6 Å². The van der Waals surface area contributed by atoms with Crippen molar-refractivity contribution in [3.63, 3.8) is 0 Å². The number of hydrogen-bond acceptors (Lipinski definition) is 4. The zero-order chi connectivity index (χ0) is 20.4. The minimum absolute atomic E-state index is 0.251. The van der Waals surface area contributed by atoms with Crippen LogP contribution in [0.25, 0.3) is 11.1 Å². The van der Waals surface area contributed by atoms with Crippen LogP contribution in [0.4, 0.5) is 5.69 Å². The SMILES string of the molecule is COc1c(C)cc(Br)cc1C(=O)Nc1ccc2oc(Cc3ccccc3)nc2c1. The molecule has 1 N–H and O–H groups in total. The summed E-state index contributed by atoms with van der Waals surface area (Å²) < 4.78 is 12.1. The van der Waals surface area contributed by atoms with Gasteiger partial charge in [-0.2, -0.15) is 0 Å². The van der Waals surface area contributed by atoms with Crippen molar-refractivity contribution in [3.05, 3.63) is 87.7 Å². The van der Waals surface area contributed by atoms with Gasteiger partial charge >= 0.3 is 0 Å². The number of nitrogens with zero attached hydrogens (tertiary/aromatic N) is 1. The van der Waals surface area contributed by atoms with E-state index in [1.807, 2.05) is 55.5 Å². The van der Waals surface area contributed by atoms with Gasteiger partial charge in [-0.3, -0.25) is 4.79 Å². The Morgan fingerprint density at radius 2 is 1.93 bits per heavy atom. The lowest BCUT2D eigenvalue weighted by Crippen LogP contribution is -2.13. The Morgan fingerprint density at radius 3 is 2.69 bits per heavy atom. The molecular weight excluding hydrogens is 432 g/mol. The first kappa shape index (κ1) is 19.2. The highest BCUT2D eigenvalue weighted by Gasteiger charge is 2.16. The molecule has 0 aliphatic carbocycles. The smallest absolute Gasteiger partial charge is 0.259 e. The zero-order valence-corrected chi connectivity index (χ0v) is 17.6. The number of hydrogen-bond donors (Lipinski definition) is 1. The van der Waals surface area contributed by atoms with Gasteiger partial charge in [-0.25, -0.2) is 4.98 Å². The number of carbonyl (C=O) groups excluding carboxylic acids is 1. The normalized spacial score (nSPS) is 10.9. The summed E-state index contributed by atoms with van der Waals surface area (Å²) in [7, 11) is 1.56. The summed E-state index contributed by atoms with van der Waals surface area (Å²) in [4.78, 5) is 17.4.